The molecule has 634 valence electrons. The van der Waals surface area contributed by atoms with E-state index < -0.39 is 0 Å². The number of rotatable bonds is 13. The molecule has 0 radical (unpaired) electrons. The highest BCUT2D eigenvalue weighted by Gasteiger charge is 2.39. The summed E-state index contributed by atoms with van der Waals surface area (Å²) in [5.74, 6) is 6.18. The molecular weight excluding hydrogens is 1620 g/mol. The number of aromatic nitrogens is 7. The van der Waals surface area contributed by atoms with Gasteiger partial charge in [-0.2, -0.15) is 0 Å². The van der Waals surface area contributed by atoms with E-state index in [-0.39, 0.29) is 16.2 Å². The van der Waals surface area contributed by atoms with Crippen LogP contribution in [0.4, 0.5) is 51.3 Å². The molecule has 0 spiro atoms. The number of benzene rings is 16. The van der Waals surface area contributed by atoms with E-state index >= 15 is 0 Å². The van der Waals surface area contributed by atoms with Crippen LogP contribution in [0.1, 0.15) is 74.9 Å². The van der Waals surface area contributed by atoms with Crippen LogP contribution in [0.25, 0.3) is 93.7 Å². The minimum absolute atomic E-state index is 0.170. The maximum Gasteiger partial charge on any atom is 0.137 e. The highest BCUT2D eigenvalue weighted by Crippen LogP contribution is 2.55. The molecule has 6 aromatic heterocycles. The molecule has 0 atom stereocenters. The van der Waals surface area contributed by atoms with Gasteiger partial charge in [0, 0.05) is 169 Å². The van der Waals surface area contributed by atoms with Crippen molar-refractivity contribution in [1.82, 2.24) is 33.6 Å². The van der Waals surface area contributed by atoms with Gasteiger partial charge in [0.05, 0.1) is 62.6 Å². The molecule has 0 N–H and O–H groups in total. The molecule has 13 heteroatoms. The Kier molecular flexibility index (Phi) is 19.6. The second kappa shape index (κ2) is 32.4. The number of nitrogens with zero attached hydrogens (tertiary/aromatic N) is 10. The Morgan fingerprint density at radius 2 is 0.530 bits per heavy atom. The zero-order valence-electron chi connectivity index (χ0n) is 73.8. The minimum Gasteiger partial charge on any atom is -0.457 e. The van der Waals surface area contributed by atoms with Gasteiger partial charge in [-0.1, -0.05) is 248 Å². The molecule has 132 heavy (non-hydrogen) atoms. The van der Waals surface area contributed by atoms with E-state index in [2.05, 4.69) is 437 Å². The van der Waals surface area contributed by atoms with Crippen molar-refractivity contribution in [2.75, 3.05) is 14.7 Å². The van der Waals surface area contributed by atoms with Crippen molar-refractivity contribution in [2.45, 2.75) is 57.8 Å². The maximum absolute atomic E-state index is 6.59. The van der Waals surface area contributed by atoms with Gasteiger partial charge in [-0.05, 0) is 182 Å². The number of ether oxygens (including phenoxy) is 3. The van der Waals surface area contributed by atoms with Gasteiger partial charge in [-0.25, -0.2) is 15.0 Å². The monoisotopic (exact) mass is 1710 g/mol. The summed E-state index contributed by atoms with van der Waals surface area (Å²) < 4.78 is 26.6. The van der Waals surface area contributed by atoms with Crippen LogP contribution in [0.3, 0.4) is 0 Å². The second-order valence-corrected chi connectivity index (χ2v) is 35.4. The van der Waals surface area contributed by atoms with Gasteiger partial charge in [0.15, 0.2) is 0 Å². The first kappa shape index (κ1) is 79.7. The molecule has 0 saturated heterocycles. The van der Waals surface area contributed by atoms with Crippen molar-refractivity contribution in [3.63, 3.8) is 0 Å². The fraction of sp³-hybridized carbons (Fsp3) is 0.0756. The molecule has 0 aliphatic carbocycles. The van der Waals surface area contributed by atoms with Crippen LogP contribution >= 0.6 is 0 Å². The van der Waals surface area contributed by atoms with Crippen LogP contribution in [0.15, 0.2) is 438 Å². The van der Waals surface area contributed by atoms with E-state index in [9.17, 15) is 0 Å². The van der Waals surface area contributed by atoms with Gasteiger partial charge in [0.1, 0.15) is 46.6 Å². The Morgan fingerprint density at radius 3 is 0.917 bits per heavy atom. The van der Waals surface area contributed by atoms with Gasteiger partial charge < -0.3 is 37.7 Å². The fourth-order valence-corrected chi connectivity index (χ4v) is 20.1. The number of fused-ring (bicyclic) bond motifs is 15. The lowest BCUT2D eigenvalue weighted by atomic mass is 9.76. The molecule has 16 aromatic carbocycles. The summed E-state index contributed by atoms with van der Waals surface area (Å²) in [5.41, 5.74) is 27.1. The molecule has 0 saturated carbocycles. The van der Waals surface area contributed by atoms with Crippen LogP contribution in [-0.2, 0) is 16.2 Å². The first-order valence-electron chi connectivity index (χ1n) is 44.8. The Labute approximate surface area is 765 Å². The van der Waals surface area contributed by atoms with Gasteiger partial charge in [-0.15, -0.1) is 0 Å². The molecule has 0 bridgehead atoms. The van der Waals surface area contributed by atoms with Gasteiger partial charge in [0.2, 0.25) is 0 Å². The normalized spacial score (nSPS) is 13.3. The molecule has 13 nitrogen and oxygen atoms in total. The highest BCUT2D eigenvalue weighted by molar-refractivity contribution is 6.13. The molecule has 0 unspecified atom stereocenters. The van der Waals surface area contributed by atoms with Crippen molar-refractivity contribution in [3.8, 4) is 62.8 Å². The molecule has 9 heterocycles. The molecule has 0 fully saturated rings. The first-order chi connectivity index (χ1) is 64.7. The van der Waals surface area contributed by atoms with Crippen LogP contribution in [0, 0.1) is 0 Å². The highest BCUT2D eigenvalue weighted by atomic mass is 16.5. The predicted molar refractivity (Wildman–Crippen MR) is 539 cm³/mol. The summed E-state index contributed by atoms with van der Waals surface area (Å²) in [7, 11) is 0. The van der Waals surface area contributed by atoms with Crippen LogP contribution in [0.2, 0.25) is 0 Å². The third kappa shape index (κ3) is 13.8. The van der Waals surface area contributed by atoms with Crippen molar-refractivity contribution in [3.05, 3.63) is 471 Å². The standard InChI is InChI=1S/C44H33N3O.C38H29N3O.C37H28N4O/c1-44(2)37-15-7-9-18-42(37)48-43-29-34(23-25-38(43)44)46(32-21-19-30(20-22-32)39-16-10-11-27-45-39)33-24-26-41-36(28-33)35-14-6-8-17-40(35)47(41)31-12-4-3-5-13-31;1-38(2)31-15-7-9-17-35(31)42-36-25-28(19-21-32(36)38)40(37-18-10-11-23-39-37)27-20-22-34-30(24-27)29-14-6-8-16-33(29)41(34)26-12-4-3-5-13-26;1-37(2)31-13-7-9-15-35(31)42-36-21-27(16-18-32(36)37)40(28-22-38-24-39-23-28)26-17-19-34-30(20-26)29-12-6-8-14-33(29)41(34)25-10-4-3-5-11-25/h3-29H,1-2H3;3-25H,1-2H3;3-24H,1-2H3. The SMILES string of the molecule is CC1(C)c2ccccc2Oc2cc(N(c3ccc(-c4ccccn4)cc3)c3ccc4c(c3)c3ccccc3n4-c3ccccc3)ccc21.CC1(C)c2ccccc2Oc2cc(N(c3ccc4c(c3)c3ccccc3n4-c3ccccc3)c3ccccn3)ccc21.CC1(C)c2ccccc2Oc2cc(N(c3cncnc3)c3ccc4c(c3)c3ccccc3n4-c3ccccc3)ccc21. The van der Waals surface area contributed by atoms with Crippen molar-refractivity contribution in [2.24, 2.45) is 0 Å². The summed E-state index contributed by atoms with van der Waals surface area (Å²) in [6.07, 6.45) is 8.95. The second-order valence-electron chi connectivity index (χ2n) is 35.4. The molecule has 25 rings (SSSR count). The number of anilines is 9. The van der Waals surface area contributed by atoms with Crippen molar-refractivity contribution >= 4 is 117 Å². The minimum atomic E-state index is -0.184. The number of hydrogen-bond acceptors (Lipinski definition) is 10. The molecular formula is C119H90N10O3. The molecule has 0 amide bonds. The predicted octanol–water partition coefficient (Wildman–Crippen LogP) is 31.3. The van der Waals surface area contributed by atoms with Crippen molar-refractivity contribution in [1.29, 1.82) is 0 Å². The number of para-hydroxylation sites is 9. The van der Waals surface area contributed by atoms with Gasteiger partial charge >= 0.3 is 0 Å². The van der Waals surface area contributed by atoms with E-state index in [1.165, 1.54) is 87.7 Å². The lowest BCUT2D eigenvalue weighted by molar-refractivity contribution is 0.418. The number of hydrogen-bond donors (Lipinski definition) is 0. The third-order valence-corrected chi connectivity index (χ3v) is 26.6. The van der Waals surface area contributed by atoms with Crippen LogP contribution in [-0.4, -0.2) is 33.6 Å². The molecule has 22 aromatic rings. The van der Waals surface area contributed by atoms with E-state index in [1.54, 1.807) is 6.33 Å². The zero-order valence-corrected chi connectivity index (χ0v) is 73.8. The van der Waals surface area contributed by atoms with Crippen LogP contribution < -0.4 is 28.9 Å². The van der Waals surface area contributed by atoms with E-state index in [4.69, 9.17) is 19.2 Å². The lowest BCUT2D eigenvalue weighted by Gasteiger charge is -2.35. The Hall–Kier alpha value is -16.9. The molecule has 3 aliphatic rings. The Morgan fingerprint density at radius 1 is 0.227 bits per heavy atom. The summed E-state index contributed by atoms with van der Waals surface area (Å²) in [6.45, 7) is 13.6. The average Bonchev–Trinajstić information content (AvgIpc) is 1.17. The average molecular weight is 1710 g/mol. The molecule has 3 aliphatic heterocycles. The quantitative estimate of drug-likeness (QED) is 0.111. The van der Waals surface area contributed by atoms with Crippen molar-refractivity contribution < 1.29 is 14.2 Å². The lowest BCUT2D eigenvalue weighted by Crippen LogP contribution is -2.24. The summed E-state index contributed by atoms with van der Waals surface area (Å²) >= 11 is 0. The van der Waals surface area contributed by atoms with E-state index in [0.717, 1.165) is 125 Å². The first-order valence-corrected chi connectivity index (χ1v) is 44.8. The Bertz CT molecular complexity index is 7850. The summed E-state index contributed by atoms with van der Waals surface area (Å²) in [6, 6.07) is 143. The summed E-state index contributed by atoms with van der Waals surface area (Å²) in [4.78, 5) is 24.8. The third-order valence-electron chi connectivity index (χ3n) is 26.6. The number of pyridine rings is 2. The van der Waals surface area contributed by atoms with Gasteiger partial charge in [0.25, 0.3) is 0 Å². The van der Waals surface area contributed by atoms with Crippen LogP contribution in [0.5, 0.6) is 34.5 Å². The smallest absolute Gasteiger partial charge is 0.137 e. The summed E-state index contributed by atoms with van der Waals surface area (Å²) in [5, 5.41) is 7.21. The van der Waals surface area contributed by atoms with Gasteiger partial charge in [-0.3, -0.25) is 9.88 Å². The fourth-order valence-electron chi connectivity index (χ4n) is 20.1. The Balaban J connectivity index is 0.000000113. The zero-order chi connectivity index (χ0) is 88.8. The van der Waals surface area contributed by atoms with E-state index in [1.807, 2.05) is 79.4 Å². The largest absolute Gasteiger partial charge is 0.457 e. The van der Waals surface area contributed by atoms with E-state index in [0.29, 0.717) is 0 Å². The maximum atomic E-state index is 6.59. The topological polar surface area (TPSA) is 104 Å².